The lowest BCUT2D eigenvalue weighted by Crippen LogP contribution is -2.28. The molecular formula is C18H24N2O2. The quantitative estimate of drug-likeness (QED) is 0.831. The van der Waals surface area contributed by atoms with Crippen molar-refractivity contribution in [3.8, 4) is 0 Å². The molecule has 1 amide bonds. The molecule has 1 heterocycles. The molecule has 22 heavy (non-hydrogen) atoms. The molecule has 0 fully saturated rings. The van der Waals surface area contributed by atoms with Crippen LogP contribution in [0.25, 0.3) is 0 Å². The van der Waals surface area contributed by atoms with Gasteiger partial charge in [-0.1, -0.05) is 18.2 Å². The summed E-state index contributed by atoms with van der Waals surface area (Å²) < 4.78 is 5.50. The van der Waals surface area contributed by atoms with Crippen molar-refractivity contribution in [1.82, 2.24) is 5.32 Å². The largest absolute Gasteiger partial charge is 0.466 e. The van der Waals surface area contributed by atoms with E-state index >= 15 is 0 Å². The van der Waals surface area contributed by atoms with Crippen LogP contribution in [-0.4, -0.2) is 26.0 Å². The fourth-order valence-electron chi connectivity index (χ4n) is 2.55. The molecule has 2 rings (SSSR count). The second-order valence-electron chi connectivity index (χ2n) is 5.58. The summed E-state index contributed by atoms with van der Waals surface area (Å²) in [5, 5.41) is 2.98. The second-order valence-corrected chi connectivity index (χ2v) is 5.58. The Labute approximate surface area is 132 Å². The number of aryl methyl sites for hydroxylation is 2. The number of furan rings is 1. The number of hydrogen-bond donors (Lipinski definition) is 1. The van der Waals surface area contributed by atoms with Gasteiger partial charge in [-0.2, -0.15) is 0 Å². The summed E-state index contributed by atoms with van der Waals surface area (Å²) in [6, 6.07) is 10.2. The fourth-order valence-corrected chi connectivity index (χ4v) is 2.55. The molecule has 0 aliphatic heterocycles. The molecule has 1 aromatic heterocycles. The Morgan fingerprint density at radius 3 is 2.41 bits per heavy atom. The highest BCUT2D eigenvalue weighted by molar-refractivity contribution is 5.96. The lowest BCUT2D eigenvalue weighted by molar-refractivity contribution is 0.0951. The molecule has 118 valence electrons. The highest BCUT2D eigenvalue weighted by atomic mass is 16.3. The minimum Gasteiger partial charge on any atom is -0.466 e. The lowest BCUT2D eigenvalue weighted by atomic mass is 10.1. The lowest BCUT2D eigenvalue weighted by Gasteiger charge is -2.19. The van der Waals surface area contributed by atoms with Crippen LogP contribution in [0.2, 0.25) is 0 Å². The number of nitrogens with one attached hydrogen (secondary N) is 1. The number of benzene rings is 1. The Morgan fingerprint density at radius 1 is 1.14 bits per heavy atom. The van der Waals surface area contributed by atoms with E-state index < -0.39 is 0 Å². The molecule has 0 radical (unpaired) electrons. The van der Waals surface area contributed by atoms with Crippen LogP contribution in [0.5, 0.6) is 0 Å². The first kappa shape index (κ1) is 16.1. The minimum absolute atomic E-state index is 0.0470. The Balaban J connectivity index is 1.80. The van der Waals surface area contributed by atoms with Gasteiger partial charge in [0.2, 0.25) is 0 Å². The molecule has 0 aliphatic carbocycles. The van der Waals surface area contributed by atoms with E-state index in [-0.39, 0.29) is 5.91 Å². The number of hydrogen-bond acceptors (Lipinski definition) is 3. The standard InChI is InChI=1S/C18H24N2O2/c1-13-14(2)22-15(3)17(13)18(21)19-11-8-12-20(4)16-9-6-5-7-10-16/h5-7,9-10H,8,11-12H2,1-4H3,(H,19,21). The number of carbonyl (C=O) groups excluding carboxylic acids is 1. The molecule has 0 saturated heterocycles. The Morgan fingerprint density at radius 2 is 1.82 bits per heavy atom. The van der Waals surface area contributed by atoms with Crippen LogP contribution in [0.4, 0.5) is 5.69 Å². The first-order valence-electron chi connectivity index (χ1n) is 7.61. The second kappa shape index (κ2) is 7.16. The average molecular weight is 300 g/mol. The smallest absolute Gasteiger partial charge is 0.255 e. The van der Waals surface area contributed by atoms with Crippen molar-refractivity contribution in [2.75, 3.05) is 25.0 Å². The van der Waals surface area contributed by atoms with Gasteiger partial charge in [-0.3, -0.25) is 4.79 Å². The summed E-state index contributed by atoms with van der Waals surface area (Å²) in [5.74, 6) is 1.45. The van der Waals surface area contributed by atoms with Crippen molar-refractivity contribution in [2.45, 2.75) is 27.2 Å². The van der Waals surface area contributed by atoms with Gasteiger partial charge in [0.15, 0.2) is 0 Å². The zero-order valence-electron chi connectivity index (χ0n) is 13.8. The third-order valence-corrected chi connectivity index (χ3v) is 3.94. The molecular weight excluding hydrogens is 276 g/mol. The van der Waals surface area contributed by atoms with Gasteiger partial charge < -0.3 is 14.6 Å². The molecule has 4 nitrogen and oxygen atoms in total. The Hall–Kier alpha value is -2.23. The topological polar surface area (TPSA) is 45.5 Å². The maximum absolute atomic E-state index is 12.2. The van der Waals surface area contributed by atoms with Crippen LogP contribution >= 0.6 is 0 Å². The van der Waals surface area contributed by atoms with Gasteiger partial charge in [-0.15, -0.1) is 0 Å². The van der Waals surface area contributed by atoms with Crippen molar-refractivity contribution in [3.63, 3.8) is 0 Å². The zero-order valence-corrected chi connectivity index (χ0v) is 13.8. The number of anilines is 1. The first-order valence-corrected chi connectivity index (χ1v) is 7.61. The van der Waals surface area contributed by atoms with Gasteiger partial charge in [-0.25, -0.2) is 0 Å². The first-order chi connectivity index (χ1) is 10.5. The Bertz CT molecular complexity index is 632. The van der Waals surface area contributed by atoms with Crippen LogP contribution in [0.3, 0.4) is 0 Å². The van der Waals surface area contributed by atoms with Crippen LogP contribution in [-0.2, 0) is 0 Å². The van der Waals surface area contributed by atoms with Crippen molar-refractivity contribution in [2.24, 2.45) is 0 Å². The maximum atomic E-state index is 12.2. The summed E-state index contributed by atoms with van der Waals surface area (Å²) in [6.07, 6.45) is 0.895. The summed E-state index contributed by atoms with van der Waals surface area (Å²) in [7, 11) is 2.06. The van der Waals surface area contributed by atoms with Crippen molar-refractivity contribution in [3.05, 3.63) is 53.0 Å². The zero-order chi connectivity index (χ0) is 16.1. The van der Waals surface area contributed by atoms with Gasteiger partial charge in [-0.05, 0) is 39.3 Å². The van der Waals surface area contributed by atoms with Crippen molar-refractivity contribution in [1.29, 1.82) is 0 Å². The van der Waals surface area contributed by atoms with E-state index in [1.165, 1.54) is 5.69 Å². The highest BCUT2D eigenvalue weighted by Crippen LogP contribution is 2.20. The number of para-hydroxylation sites is 1. The van der Waals surface area contributed by atoms with E-state index in [2.05, 4.69) is 29.4 Å². The van der Waals surface area contributed by atoms with Crippen LogP contribution in [0.15, 0.2) is 34.7 Å². The van der Waals surface area contributed by atoms with E-state index in [4.69, 9.17) is 4.42 Å². The monoisotopic (exact) mass is 300 g/mol. The van der Waals surface area contributed by atoms with E-state index in [0.717, 1.165) is 24.3 Å². The molecule has 1 N–H and O–H groups in total. The third-order valence-electron chi connectivity index (χ3n) is 3.94. The average Bonchev–Trinajstić information content (AvgIpc) is 2.77. The van der Waals surface area contributed by atoms with Crippen LogP contribution in [0, 0.1) is 20.8 Å². The highest BCUT2D eigenvalue weighted by Gasteiger charge is 2.17. The van der Waals surface area contributed by atoms with Gasteiger partial charge in [0, 0.05) is 31.4 Å². The molecule has 0 aliphatic rings. The molecule has 2 aromatic rings. The predicted molar refractivity (Wildman–Crippen MR) is 89.6 cm³/mol. The molecule has 4 heteroatoms. The van der Waals surface area contributed by atoms with Crippen molar-refractivity contribution < 1.29 is 9.21 Å². The fraction of sp³-hybridized carbons (Fsp3) is 0.389. The van der Waals surface area contributed by atoms with Crippen LogP contribution < -0.4 is 10.2 Å². The number of nitrogens with zero attached hydrogens (tertiary/aromatic N) is 1. The van der Waals surface area contributed by atoms with Crippen molar-refractivity contribution >= 4 is 11.6 Å². The van der Waals surface area contributed by atoms with E-state index in [0.29, 0.717) is 17.9 Å². The van der Waals surface area contributed by atoms with E-state index in [1.54, 1.807) is 0 Å². The predicted octanol–water partition coefficient (Wildman–Crippen LogP) is 3.46. The summed E-state index contributed by atoms with van der Waals surface area (Å²) in [5.41, 5.74) is 2.79. The van der Waals surface area contributed by atoms with Gasteiger partial charge in [0.1, 0.15) is 11.5 Å². The molecule has 0 atom stereocenters. The summed E-state index contributed by atoms with van der Waals surface area (Å²) >= 11 is 0. The molecule has 0 unspecified atom stereocenters. The SMILES string of the molecule is Cc1oc(C)c(C(=O)NCCCN(C)c2ccccc2)c1C. The number of rotatable bonds is 6. The molecule has 0 spiro atoms. The number of amides is 1. The van der Waals surface area contributed by atoms with Gasteiger partial charge in [0.05, 0.1) is 5.56 Å². The summed E-state index contributed by atoms with van der Waals surface area (Å²) in [4.78, 5) is 14.4. The minimum atomic E-state index is -0.0470. The molecule has 0 bridgehead atoms. The van der Waals surface area contributed by atoms with E-state index in [9.17, 15) is 4.79 Å². The molecule has 1 aromatic carbocycles. The maximum Gasteiger partial charge on any atom is 0.255 e. The van der Waals surface area contributed by atoms with E-state index in [1.807, 2.05) is 39.0 Å². The normalized spacial score (nSPS) is 10.5. The van der Waals surface area contributed by atoms with Crippen LogP contribution in [0.1, 0.15) is 33.9 Å². The summed E-state index contributed by atoms with van der Waals surface area (Å²) in [6.45, 7) is 7.18. The molecule has 0 saturated carbocycles. The Kier molecular flexibility index (Phi) is 5.26. The third kappa shape index (κ3) is 3.70. The van der Waals surface area contributed by atoms with Gasteiger partial charge >= 0.3 is 0 Å². The number of carbonyl (C=O) groups is 1. The van der Waals surface area contributed by atoms with Gasteiger partial charge in [0.25, 0.3) is 5.91 Å².